The van der Waals surface area contributed by atoms with Gasteiger partial charge in [-0.25, -0.2) is 0 Å². The van der Waals surface area contributed by atoms with Gasteiger partial charge in [-0.2, -0.15) is 0 Å². The number of carbonyl (C=O) groups is 1. The summed E-state index contributed by atoms with van der Waals surface area (Å²) in [5, 5.41) is 3.70. The highest BCUT2D eigenvalue weighted by atomic mass is 16.5. The maximum absolute atomic E-state index is 12.1. The van der Waals surface area contributed by atoms with E-state index in [1.165, 1.54) is 19.1 Å². The fourth-order valence-electron chi connectivity index (χ4n) is 2.82. The molecule has 0 unspecified atom stereocenters. The first-order valence-corrected chi connectivity index (χ1v) is 6.13. The Morgan fingerprint density at radius 1 is 1.41 bits per heavy atom. The van der Waals surface area contributed by atoms with Gasteiger partial charge < -0.3 is 14.2 Å². The van der Waals surface area contributed by atoms with Crippen molar-refractivity contribution >= 4 is 5.91 Å². The van der Waals surface area contributed by atoms with Crippen LogP contribution in [0.1, 0.15) is 36.2 Å². The molecule has 1 saturated heterocycles. The summed E-state index contributed by atoms with van der Waals surface area (Å²) in [6.07, 6.45) is 5.96. The molecular formula is C12H16N2O3. The van der Waals surface area contributed by atoms with Crippen molar-refractivity contribution in [3.8, 4) is 0 Å². The summed E-state index contributed by atoms with van der Waals surface area (Å²) in [4.78, 5) is 14.0. The first-order chi connectivity index (χ1) is 8.29. The van der Waals surface area contributed by atoms with Crippen LogP contribution in [-0.2, 0) is 4.74 Å². The number of nitrogens with zero attached hydrogens (tertiary/aromatic N) is 2. The SMILES string of the molecule is O=C(c1ccon1)N1CCOC2(CCCC2)C1. The summed E-state index contributed by atoms with van der Waals surface area (Å²) in [5.41, 5.74) is 0.303. The predicted octanol–water partition coefficient (Wildman–Crippen LogP) is 1.46. The van der Waals surface area contributed by atoms with E-state index in [4.69, 9.17) is 9.26 Å². The topological polar surface area (TPSA) is 55.6 Å². The summed E-state index contributed by atoms with van der Waals surface area (Å²) >= 11 is 0. The molecule has 5 heteroatoms. The van der Waals surface area contributed by atoms with Crippen LogP contribution in [0.5, 0.6) is 0 Å². The van der Waals surface area contributed by atoms with Gasteiger partial charge in [-0.1, -0.05) is 18.0 Å². The van der Waals surface area contributed by atoms with Crippen molar-refractivity contribution in [3.63, 3.8) is 0 Å². The van der Waals surface area contributed by atoms with Crippen LogP contribution in [0.15, 0.2) is 16.9 Å². The van der Waals surface area contributed by atoms with Crippen LogP contribution in [0.3, 0.4) is 0 Å². The summed E-state index contributed by atoms with van der Waals surface area (Å²) in [6.45, 7) is 1.97. The zero-order valence-corrected chi connectivity index (χ0v) is 9.72. The van der Waals surface area contributed by atoms with Crippen LogP contribution >= 0.6 is 0 Å². The Morgan fingerprint density at radius 2 is 2.24 bits per heavy atom. The molecule has 2 aliphatic rings. The van der Waals surface area contributed by atoms with E-state index in [1.807, 2.05) is 4.90 Å². The Hall–Kier alpha value is -1.36. The van der Waals surface area contributed by atoms with Gasteiger partial charge in [-0.3, -0.25) is 4.79 Å². The molecule has 92 valence electrons. The first-order valence-electron chi connectivity index (χ1n) is 6.13. The minimum atomic E-state index is -0.0857. The van der Waals surface area contributed by atoms with E-state index in [9.17, 15) is 4.79 Å². The van der Waals surface area contributed by atoms with E-state index in [1.54, 1.807) is 6.07 Å². The molecular weight excluding hydrogens is 220 g/mol. The van der Waals surface area contributed by atoms with Crippen LogP contribution in [0.4, 0.5) is 0 Å². The number of hydrogen-bond donors (Lipinski definition) is 0. The van der Waals surface area contributed by atoms with Crippen LogP contribution in [0.2, 0.25) is 0 Å². The summed E-state index contributed by atoms with van der Waals surface area (Å²) in [7, 11) is 0. The lowest BCUT2D eigenvalue weighted by molar-refractivity contribution is -0.0949. The third kappa shape index (κ3) is 1.95. The highest BCUT2D eigenvalue weighted by Crippen LogP contribution is 2.36. The fourth-order valence-corrected chi connectivity index (χ4v) is 2.82. The van der Waals surface area contributed by atoms with Gasteiger partial charge in [0, 0.05) is 12.6 Å². The number of ether oxygens (including phenoxy) is 1. The highest BCUT2D eigenvalue weighted by Gasteiger charge is 2.40. The van der Waals surface area contributed by atoms with Crippen molar-refractivity contribution in [1.82, 2.24) is 10.1 Å². The molecule has 3 rings (SSSR count). The number of carbonyl (C=O) groups excluding carboxylic acids is 1. The summed E-state index contributed by atoms with van der Waals surface area (Å²) in [5.74, 6) is -0.0478. The minimum Gasteiger partial charge on any atom is -0.371 e. The van der Waals surface area contributed by atoms with Crippen molar-refractivity contribution in [3.05, 3.63) is 18.0 Å². The third-order valence-electron chi connectivity index (χ3n) is 3.71. The molecule has 5 nitrogen and oxygen atoms in total. The molecule has 0 N–H and O–H groups in total. The van der Waals surface area contributed by atoms with Gasteiger partial charge in [0.2, 0.25) is 0 Å². The van der Waals surface area contributed by atoms with E-state index in [0.29, 0.717) is 25.4 Å². The molecule has 2 fully saturated rings. The van der Waals surface area contributed by atoms with E-state index in [-0.39, 0.29) is 11.5 Å². The first kappa shape index (κ1) is 10.8. The monoisotopic (exact) mass is 236 g/mol. The smallest absolute Gasteiger partial charge is 0.276 e. The lowest BCUT2D eigenvalue weighted by Crippen LogP contribution is -2.52. The molecule has 0 aromatic carbocycles. The molecule has 0 atom stereocenters. The molecule has 0 bridgehead atoms. The van der Waals surface area contributed by atoms with Crippen molar-refractivity contribution in [1.29, 1.82) is 0 Å². The Balaban J connectivity index is 1.73. The van der Waals surface area contributed by atoms with Crippen LogP contribution in [0.25, 0.3) is 0 Å². The third-order valence-corrected chi connectivity index (χ3v) is 3.71. The minimum absolute atomic E-state index is 0.0478. The molecule has 1 aromatic heterocycles. The van der Waals surface area contributed by atoms with E-state index >= 15 is 0 Å². The standard InChI is InChI=1S/C12H16N2O3/c15-11(10-3-7-17-13-10)14-6-8-16-12(9-14)4-1-2-5-12/h3,7H,1-2,4-6,8-9H2. The summed E-state index contributed by atoms with van der Waals surface area (Å²) in [6, 6.07) is 1.61. The Bertz CT molecular complexity index is 396. The molecule has 0 radical (unpaired) electrons. The lowest BCUT2D eigenvalue weighted by Gasteiger charge is -2.40. The Morgan fingerprint density at radius 3 is 2.94 bits per heavy atom. The van der Waals surface area contributed by atoms with E-state index in [2.05, 4.69) is 5.16 Å². The maximum atomic E-state index is 12.1. The van der Waals surface area contributed by atoms with E-state index in [0.717, 1.165) is 12.8 Å². The van der Waals surface area contributed by atoms with Crippen LogP contribution in [0, 0.1) is 0 Å². The van der Waals surface area contributed by atoms with Gasteiger partial charge in [0.15, 0.2) is 5.69 Å². The van der Waals surface area contributed by atoms with Gasteiger partial charge in [0.1, 0.15) is 6.26 Å². The Labute approximate surface area is 99.7 Å². The van der Waals surface area contributed by atoms with Crippen molar-refractivity contribution < 1.29 is 14.1 Å². The average Bonchev–Trinajstić information content (AvgIpc) is 3.00. The zero-order valence-electron chi connectivity index (χ0n) is 9.72. The molecule has 1 aromatic rings. The van der Waals surface area contributed by atoms with Crippen LogP contribution in [-0.4, -0.2) is 41.3 Å². The van der Waals surface area contributed by atoms with Gasteiger partial charge in [0.05, 0.1) is 18.8 Å². The lowest BCUT2D eigenvalue weighted by atomic mass is 9.99. The largest absolute Gasteiger partial charge is 0.371 e. The van der Waals surface area contributed by atoms with Crippen molar-refractivity contribution in [2.75, 3.05) is 19.7 Å². The second kappa shape index (κ2) is 4.14. The number of aromatic nitrogens is 1. The fraction of sp³-hybridized carbons (Fsp3) is 0.667. The second-order valence-electron chi connectivity index (χ2n) is 4.85. The average molecular weight is 236 g/mol. The van der Waals surface area contributed by atoms with Gasteiger partial charge in [0.25, 0.3) is 5.91 Å². The van der Waals surface area contributed by atoms with Gasteiger partial charge >= 0.3 is 0 Å². The number of morpholine rings is 1. The molecule has 1 aliphatic carbocycles. The van der Waals surface area contributed by atoms with Crippen molar-refractivity contribution in [2.24, 2.45) is 0 Å². The normalized spacial score (nSPS) is 23.2. The molecule has 2 heterocycles. The maximum Gasteiger partial charge on any atom is 0.276 e. The van der Waals surface area contributed by atoms with Crippen LogP contribution < -0.4 is 0 Å². The Kier molecular flexibility index (Phi) is 2.63. The van der Waals surface area contributed by atoms with Gasteiger partial charge in [-0.05, 0) is 12.8 Å². The molecule has 1 aliphatic heterocycles. The highest BCUT2D eigenvalue weighted by molar-refractivity contribution is 5.92. The molecule has 1 amide bonds. The van der Waals surface area contributed by atoms with Crippen molar-refractivity contribution in [2.45, 2.75) is 31.3 Å². The number of rotatable bonds is 1. The number of hydrogen-bond acceptors (Lipinski definition) is 4. The van der Waals surface area contributed by atoms with E-state index < -0.39 is 0 Å². The molecule has 1 spiro atoms. The summed E-state index contributed by atoms with van der Waals surface area (Å²) < 4.78 is 10.6. The van der Waals surface area contributed by atoms with Gasteiger partial charge in [-0.15, -0.1) is 0 Å². The molecule has 1 saturated carbocycles. The zero-order chi connectivity index (χ0) is 11.7. The number of amides is 1. The molecule has 17 heavy (non-hydrogen) atoms. The predicted molar refractivity (Wildman–Crippen MR) is 59.6 cm³/mol. The second-order valence-corrected chi connectivity index (χ2v) is 4.85. The quantitative estimate of drug-likeness (QED) is 0.740.